The normalized spacial score (nSPS) is 36.3. The SMILES string of the molecule is CC[C@H]1CC2CC3c4[nH]c5ccc(O)cc5c4CCN(C2)C31. The van der Waals surface area contributed by atoms with Gasteiger partial charge in [0.2, 0.25) is 0 Å². The van der Waals surface area contributed by atoms with Crippen molar-refractivity contribution in [3.63, 3.8) is 0 Å². The molecule has 3 heteroatoms. The number of phenols is 1. The molecule has 2 N–H and O–H groups in total. The van der Waals surface area contributed by atoms with Gasteiger partial charge in [-0.25, -0.2) is 0 Å². The summed E-state index contributed by atoms with van der Waals surface area (Å²) in [6.07, 6.45) is 5.22. The van der Waals surface area contributed by atoms with E-state index in [4.69, 9.17) is 0 Å². The molecule has 1 aliphatic carbocycles. The summed E-state index contributed by atoms with van der Waals surface area (Å²) in [5.41, 5.74) is 4.16. The van der Waals surface area contributed by atoms with E-state index in [1.54, 1.807) is 6.07 Å². The minimum atomic E-state index is 0.384. The summed E-state index contributed by atoms with van der Waals surface area (Å²) in [7, 11) is 0. The maximum absolute atomic E-state index is 9.87. The van der Waals surface area contributed by atoms with Gasteiger partial charge in [0.05, 0.1) is 0 Å². The third-order valence-electron chi connectivity index (χ3n) is 6.50. The third-order valence-corrected chi connectivity index (χ3v) is 6.50. The van der Waals surface area contributed by atoms with Crippen molar-refractivity contribution in [2.24, 2.45) is 11.8 Å². The summed E-state index contributed by atoms with van der Waals surface area (Å²) in [4.78, 5) is 6.51. The van der Waals surface area contributed by atoms with Crippen LogP contribution in [0.4, 0.5) is 0 Å². The van der Waals surface area contributed by atoms with Crippen LogP contribution in [-0.2, 0) is 6.42 Å². The molecule has 4 heterocycles. The molecule has 0 amide bonds. The number of aromatic amines is 1. The maximum Gasteiger partial charge on any atom is 0.116 e. The van der Waals surface area contributed by atoms with Crippen LogP contribution in [0.3, 0.4) is 0 Å². The molecule has 3 aliphatic heterocycles. The number of aromatic nitrogens is 1. The smallest absolute Gasteiger partial charge is 0.116 e. The second kappa shape index (κ2) is 4.51. The first-order valence-corrected chi connectivity index (χ1v) is 8.82. The quantitative estimate of drug-likeness (QED) is 0.843. The zero-order chi connectivity index (χ0) is 14.8. The lowest BCUT2D eigenvalue weighted by Gasteiger charge is -2.53. The Labute approximate surface area is 131 Å². The number of rotatable bonds is 1. The van der Waals surface area contributed by atoms with Gasteiger partial charge in [-0.05, 0) is 54.9 Å². The molecule has 22 heavy (non-hydrogen) atoms. The van der Waals surface area contributed by atoms with E-state index in [0.29, 0.717) is 11.7 Å². The van der Waals surface area contributed by atoms with Crippen LogP contribution in [0.1, 0.15) is 43.4 Å². The first kappa shape index (κ1) is 13.0. The molecule has 0 radical (unpaired) electrons. The molecule has 6 rings (SSSR count). The standard InChI is InChI=1S/C19H24N2O/c1-2-12-7-11-8-16-18-14(5-6-21(10-11)19(12)16)15-9-13(22)3-4-17(15)20-18/h3-4,9,11-12,16,19-20,22H,2,5-8,10H2,1H3/t11?,12-,16?,19?/m0/s1. The minimum Gasteiger partial charge on any atom is -0.508 e. The average Bonchev–Trinajstić information content (AvgIpc) is 2.85. The number of fused-ring (bicyclic) bond motifs is 4. The highest BCUT2D eigenvalue weighted by atomic mass is 16.3. The number of hydrogen-bond acceptors (Lipinski definition) is 2. The molecule has 116 valence electrons. The number of aromatic hydroxyl groups is 1. The highest BCUT2D eigenvalue weighted by Gasteiger charge is 2.48. The van der Waals surface area contributed by atoms with E-state index in [9.17, 15) is 5.11 Å². The number of hydrogen-bond donors (Lipinski definition) is 2. The lowest BCUT2D eigenvalue weighted by atomic mass is 9.65. The van der Waals surface area contributed by atoms with Crippen molar-refractivity contribution in [1.29, 1.82) is 0 Å². The Morgan fingerprint density at radius 3 is 3.09 bits per heavy atom. The van der Waals surface area contributed by atoms with Crippen LogP contribution in [0.2, 0.25) is 0 Å². The summed E-state index contributed by atoms with van der Waals surface area (Å²) < 4.78 is 0. The van der Waals surface area contributed by atoms with Crippen LogP contribution in [-0.4, -0.2) is 34.1 Å². The number of benzene rings is 1. The lowest BCUT2D eigenvalue weighted by molar-refractivity contribution is -0.0134. The van der Waals surface area contributed by atoms with E-state index in [0.717, 1.165) is 24.3 Å². The van der Waals surface area contributed by atoms with E-state index in [2.05, 4.69) is 16.8 Å². The van der Waals surface area contributed by atoms with Gasteiger partial charge in [0, 0.05) is 41.6 Å². The van der Waals surface area contributed by atoms with Crippen molar-refractivity contribution >= 4 is 10.9 Å². The Morgan fingerprint density at radius 2 is 2.23 bits per heavy atom. The highest BCUT2D eigenvalue weighted by molar-refractivity contribution is 5.86. The molecule has 0 spiro atoms. The monoisotopic (exact) mass is 296 g/mol. The Balaban J connectivity index is 1.69. The average molecular weight is 296 g/mol. The topological polar surface area (TPSA) is 39.3 Å². The summed E-state index contributed by atoms with van der Waals surface area (Å²) in [5, 5.41) is 11.1. The zero-order valence-electron chi connectivity index (χ0n) is 13.2. The minimum absolute atomic E-state index is 0.384. The van der Waals surface area contributed by atoms with Gasteiger partial charge >= 0.3 is 0 Å². The van der Waals surface area contributed by atoms with Crippen LogP contribution in [0.25, 0.3) is 10.9 Å². The summed E-state index contributed by atoms with van der Waals surface area (Å²) in [6, 6.07) is 6.52. The van der Waals surface area contributed by atoms with Gasteiger partial charge in [-0.3, -0.25) is 4.90 Å². The van der Waals surface area contributed by atoms with Gasteiger partial charge in [0.25, 0.3) is 0 Å². The zero-order valence-corrected chi connectivity index (χ0v) is 13.2. The second-order valence-electron chi connectivity index (χ2n) is 7.59. The molecule has 3 fully saturated rings. The van der Waals surface area contributed by atoms with Crippen LogP contribution >= 0.6 is 0 Å². The fraction of sp³-hybridized carbons (Fsp3) is 0.579. The largest absolute Gasteiger partial charge is 0.508 e. The molecule has 5 atom stereocenters. The molecule has 1 aromatic heterocycles. The Hall–Kier alpha value is -1.48. The molecule has 4 unspecified atom stereocenters. The molecular weight excluding hydrogens is 272 g/mol. The molecule has 4 aliphatic rings. The summed E-state index contributed by atoms with van der Waals surface area (Å²) in [5.74, 6) is 2.80. The van der Waals surface area contributed by atoms with Gasteiger partial charge < -0.3 is 10.1 Å². The fourth-order valence-electron chi connectivity index (χ4n) is 5.68. The predicted octanol–water partition coefficient (Wildman–Crippen LogP) is 3.63. The lowest BCUT2D eigenvalue weighted by Crippen LogP contribution is -2.56. The summed E-state index contributed by atoms with van der Waals surface area (Å²) >= 11 is 0. The van der Waals surface area contributed by atoms with Gasteiger partial charge in [0.15, 0.2) is 0 Å². The van der Waals surface area contributed by atoms with Crippen molar-refractivity contribution in [3.05, 3.63) is 29.5 Å². The van der Waals surface area contributed by atoms with Crippen LogP contribution < -0.4 is 0 Å². The molecule has 2 saturated heterocycles. The van der Waals surface area contributed by atoms with E-state index < -0.39 is 0 Å². The van der Waals surface area contributed by atoms with Gasteiger partial charge in [-0.1, -0.05) is 13.3 Å². The van der Waals surface area contributed by atoms with Gasteiger partial charge in [0.1, 0.15) is 5.75 Å². The first-order chi connectivity index (χ1) is 10.7. The molecule has 1 saturated carbocycles. The van der Waals surface area contributed by atoms with Crippen LogP contribution in [0.15, 0.2) is 18.2 Å². The van der Waals surface area contributed by atoms with Crippen molar-refractivity contribution in [1.82, 2.24) is 9.88 Å². The molecular formula is C19H24N2O. The van der Waals surface area contributed by atoms with E-state index in [-0.39, 0.29) is 0 Å². The Kier molecular flexibility index (Phi) is 2.67. The predicted molar refractivity (Wildman–Crippen MR) is 88.3 cm³/mol. The number of nitrogens with zero attached hydrogens (tertiary/aromatic N) is 1. The first-order valence-electron chi connectivity index (χ1n) is 8.82. The third kappa shape index (κ3) is 1.66. The summed E-state index contributed by atoms with van der Waals surface area (Å²) in [6.45, 7) is 4.86. The van der Waals surface area contributed by atoms with E-state index >= 15 is 0 Å². The Bertz CT molecular complexity index is 734. The number of piperidine rings is 2. The van der Waals surface area contributed by atoms with Crippen LogP contribution in [0.5, 0.6) is 5.75 Å². The molecule has 4 bridgehead atoms. The van der Waals surface area contributed by atoms with Crippen molar-refractivity contribution < 1.29 is 5.11 Å². The van der Waals surface area contributed by atoms with E-state index in [1.807, 2.05) is 12.1 Å². The number of phenolic OH excluding ortho intramolecular Hbond substituents is 1. The van der Waals surface area contributed by atoms with Crippen molar-refractivity contribution in [2.45, 2.75) is 44.6 Å². The Morgan fingerprint density at radius 1 is 1.32 bits per heavy atom. The number of nitrogens with one attached hydrogen (secondary N) is 1. The van der Waals surface area contributed by atoms with Crippen molar-refractivity contribution in [3.8, 4) is 5.75 Å². The van der Waals surface area contributed by atoms with Gasteiger partial charge in [-0.15, -0.1) is 0 Å². The number of H-pyrrole nitrogens is 1. The molecule has 3 nitrogen and oxygen atoms in total. The molecule has 2 aromatic rings. The van der Waals surface area contributed by atoms with E-state index in [1.165, 1.54) is 54.5 Å². The molecule has 1 aromatic carbocycles. The second-order valence-corrected chi connectivity index (χ2v) is 7.59. The fourth-order valence-corrected chi connectivity index (χ4v) is 5.68. The van der Waals surface area contributed by atoms with Gasteiger partial charge in [-0.2, -0.15) is 0 Å². The highest BCUT2D eigenvalue weighted by Crippen LogP contribution is 2.51. The maximum atomic E-state index is 9.87. The van der Waals surface area contributed by atoms with Crippen LogP contribution in [0, 0.1) is 11.8 Å². The van der Waals surface area contributed by atoms with Crippen molar-refractivity contribution in [2.75, 3.05) is 13.1 Å².